The zero-order valence-electron chi connectivity index (χ0n) is 14.5. The first-order valence-electron chi connectivity index (χ1n) is 8.64. The van der Waals surface area contributed by atoms with E-state index in [9.17, 15) is 14.7 Å². The lowest BCUT2D eigenvalue weighted by molar-refractivity contribution is -0.138. The Hall–Kier alpha value is -2.50. The van der Waals surface area contributed by atoms with Crippen LogP contribution in [0.5, 0.6) is 0 Å². The summed E-state index contributed by atoms with van der Waals surface area (Å²) in [6, 6.07) is 9.38. The molecule has 0 radical (unpaired) electrons. The number of ketones is 1. The number of esters is 1. The molecule has 3 atom stereocenters. The van der Waals surface area contributed by atoms with Gasteiger partial charge in [-0.25, -0.2) is 4.79 Å². The van der Waals surface area contributed by atoms with Crippen molar-refractivity contribution in [3.63, 3.8) is 0 Å². The minimum absolute atomic E-state index is 0.0182. The summed E-state index contributed by atoms with van der Waals surface area (Å²) < 4.78 is 11.3. The Kier molecular flexibility index (Phi) is 4.13. The molecule has 5 heteroatoms. The number of methoxy groups -OCH3 is 1. The first kappa shape index (κ1) is 16.9. The zero-order valence-corrected chi connectivity index (χ0v) is 14.5. The molecule has 4 rings (SSSR count). The molecule has 1 fully saturated rings. The fourth-order valence-corrected chi connectivity index (χ4v) is 4.32. The van der Waals surface area contributed by atoms with E-state index in [1.165, 1.54) is 0 Å². The van der Waals surface area contributed by atoms with E-state index in [0.717, 1.165) is 16.7 Å². The third kappa shape index (κ3) is 2.39. The van der Waals surface area contributed by atoms with Crippen LogP contribution in [0, 0.1) is 5.92 Å². The highest BCUT2D eigenvalue weighted by atomic mass is 16.6. The Balaban J connectivity index is 1.98. The lowest BCUT2D eigenvalue weighted by atomic mass is 9.85. The lowest BCUT2D eigenvalue weighted by Gasteiger charge is -2.24. The Morgan fingerprint density at radius 1 is 1.27 bits per heavy atom. The highest BCUT2D eigenvalue weighted by Crippen LogP contribution is 2.49. The molecule has 134 valence electrons. The van der Waals surface area contributed by atoms with E-state index in [4.69, 9.17) is 9.47 Å². The number of rotatable bonds is 3. The van der Waals surface area contributed by atoms with Crippen LogP contribution in [0.1, 0.15) is 18.4 Å². The van der Waals surface area contributed by atoms with E-state index < -0.39 is 12.1 Å². The summed E-state index contributed by atoms with van der Waals surface area (Å²) in [4.78, 5) is 25.1. The third-order valence-electron chi connectivity index (χ3n) is 5.55. The van der Waals surface area contributed by atoms with Crippen LogP contribution in [0.25, 0.3) is 5.57 Å². The molecule has 26 heavy (non-hydrogen) atoms. The molecule has 1 unspecified atom stereocenters. The van der Waals surface area contributed by atoms with E-state index >= 15 is 0 Å². The Labute approximate surface area is 151 Å². The van der Waals surface area contributed by atoms with Crippen LogP contribution in [0.15, 0.2) is 59.2 Å². The number of carbonyl (C=O) groups is 2. The molecule has 1 aromatic carbocycles. The standard InChI is InChI=1S/C21H20O5/c1-11-17-16(25-2)8-13(10-22)14-9-15(23)18(12-6-4-3-5-7-12)19(14)20(17)26-21(11)24/h3-7,16-17,20,22H,1,8-10H2,2H3/t16?,17-,20-/m0/s1. The summed E-state index contributed by atoms with van der Waals surface area (Å²) in [5.74, 6) is -0.838. The van der Waals surface area contributed by atoms with Gasteiger partial charge in [0.25, 0.3) is 0 Å². The van der Waals surface area contributed by atoms with Crippen LogP contribution in [0.4, 0.5) is 0 Å². The van der Waals surface area contributed by atoms with Crippen molar-refractivity contribution < 1.29 is 24.2 Å². The van der Waals surface area contributed by atoms with Crippen LogP contribution >= 0.6 is 0 Å². The van der Waals surface area contributed by atoms with E-state index in [1.54, 1.807) is 7.11 Å². The number of hydrogen-bond donors (Lipinski definition) is 1. The fraction of sp³-hybridized carbons (Fsp3) is 0.333. The van der Waals surface area contributed by atoms with Gasteiger partial charge in [0.1, 0.15) is 6.10 Å². The highest BCUT2D eigenvalue weighted by Gasteiger charge is 2.51. The third-order valence-corrected chi connectivity index (χ3v) is 5.55. The van der Waals surface area contributed by atoms with Gasteiger partial charge in [-0.05, 0) is 23.1 Å². The number of allylic oxidation sites excluding steroid dienone is 1. The SMILES string of the molecule is C=C1C(=O)O[C@@H]2C3=C(c4ccccc4)C(=O)CC3=C(CO)CC(OC)[C@H]12. The van der Waals surface area contributed by atoms with Crippen molar-refractivity contribution >= 4 is 17.3 Å². The second-order valence-electron chi connectivity index (χ2n) is 6.85. The summed E-state index contributed by atoms with van der Waals surface area (Å²) in [5, 5.41) is 9.92. The molecule has 3 aliphatic rings. The molecule has 1 heterocycles. The van der Waals surface area contributed by atoms with Gasteiger partial charge in [0.15, 0.2) is 5.78 Å². The number of Topliss-reactive ketones (excluding diaryl/α,β-unsaturated/α-hetero) is 1. The average Bonchev–Trinajstić information content (AvgIpc) is 3.10. The van der Waals surface area contributed by atoms with E-state index in [0.29, 0.717) is 23.1 Å². The maximum absolute atomic E-state index is 12.8. The minimum Gasteiger partial charge on any atom is -0.453 e. The van der Waals surface area contributed by atoms with Gasteiger partial charge >= 0.3 is 5.97 Å². The Bertz CT molecular complexity index is 862. The number of aliphatic hydroxyl groups excluding tert-OH is 1. The smallest absolute Gasteiger partial charge is 0.334 e. The molecule has 0 saturated carbocycles. The van der Waals surface area contributed by atoms with E-state index in [-0.39, 0.29) is 30.8 Å². The quantitative estimate of drug-likeness (QED) is 0.667. The number of hydrogen-bond acceptors (Lipinski definition) is 5. The van der Waals surface area contributed by atoms with Crippen molar-refractivity contribution in [2.75, 3.05) is 13.7 Å². The predicted molar refractivity (Wildman–Crippen MR) is 95.0 cm³/mol. The second-order valence-corrected chi connectivity index (χ2v) is 6.85. The predicted octanol–water partition coefficient (Wildman–Crippen LogP) is 2.22. The van der Waals surface area contributed by atoms with Gasteiger partial charge in [-0.3, -0.25) is 4.79 Å². The van der Waals surface area contributed by atoms with Crippen LogP contribution in [0.2, 0.25) is 0 Å². The van der Waals surface area contributed by atoms with Crippen LogP contribution in [0.3, 0.4) is 0 Å². The largest absolute Gasteiger partial charge is 0.453 e. The lowest BCUT2D eigenvalue weighted by Crippen LogP contribution is -2.31. The van der Waals surface area contributed by atoms with Crippen molar-refractivity contribution in [3.8, 4) is 0 Å². The van der Waals surface area contributed by atoms with Crippen molar-refractivity contribution in [2.45, 2.75) is 25.0 Å². The topological polar surface area (TPSA) is 72.8 Å². The normalized spacial score (nSPS) is 28.2. The maximum atomic E-state index is 12.8. The molecular weight excluding hydrogens is 332 g/mol. The molecular formula is C21H20O5. The summed E-state index contributed by atoms with van der Waals surface area (Å²) in [5.41, 5.74) is 3.99. The van der Waals surface area contributed by atoms with Crippen LogP contribution < -0.4 is 0 Å². The molecule has 0 spiro atoms. The molecule has 2 aliphatic carbocycles. The summed E-state index contributed by atoms with van der Waals surface area (Å²) >= 11 is 0. The maximum Gasteiger partial charge on any atom is 0.334 e. The summed E-state index contributed by atoms with van der Waals surface area (Å²) in [6.45, 7) is 3.74. The molecule has 1 aliphatic heterocycles. The summed E-state index contributed by atoms with van der Waals surface area (Å²) in [6.07, 6.45) is -0.295. The van der Waals surface area contributed by atoms with Crippen molar-refractivity contribution in [1.82, 2.24) is 0 Å². The first-order chi connectivity index (χ1) is 12.6. The van der Waals surface area contributed by atoms with Crippen molar-refractivity contribution in [1.29, 1.82) is 0 Å². The van der Waals surface area contributed by atoms with Gasteiger partial charge in [0.05, 0.1) is 18.6 Å². The van der Waals surface area contributed by atoms with E-state index in [2.05, 4.69) is 6.58 Å². The van der Waals surface area contributed by atoms with Gasteiger partial charge in [0, 0.05) is 30.2 Å². The average molecular weight is 352 g/mol. The van der Waals surface area contributed by atoms with Crippen LogP contribution in [-0.2, 0) is 19.1 Å². The highest BCUT2D eigenvalue weighted by molar-refractivity contribution is 6.27. The Morgan fingerprint density at radius 3 is 2.65 bits per heavy atom. The minimum atomic E-state index is -0.611. The van der Waals surface area contributed by atoms with Crippen molar-refractivity contribution in [3.05, 3.63) is 64.8 Å². The number of ether oxygens (including phenoxy) is 2. The Morgan fingerprint density at radius 2 is 2.00 bits per heavy atom. The molecule has 1 saturated heterocycles. The molecule has 5 nitrogen and oxygen atoms in total. The molecule has 0 amide bonds. The van der Waals surface area contributed by atoms with Gasteiger partial charge in [-0.15, -0.1) is 0 Å². The molecule has 1 aromatic rings. The number of carbonyl (C=O) groups excluding carboxylic acids is 2. The number of benzene rings is 1. The van der Waals surface area contributed by atoms with Gasteiger partial charge in [-0.1, -0.05) is 36.9 Å². The number of aliphatic hydroxyl groups is 1. The molecule has 1 N–H and O–H groups in total. The second kappa shape index (κ2) is 6.34. The van der Waals surface area contributed by atoms with E-state index in [1.807, 2.05) is 30.3 Å². The molecule has 0 aromatic heterocycles. The monoisotopic (exact) mass is 352 g/mol. The number of fused-ring (bicyclic) bond motifs is 3. The molecule has 0 bridgehead atoms. The van der Waals surface area contributed by atoms with Gasteiger partial charge < -0.3 is 14.6 Å². The van der Waals surface area contributed by atoms with Gasteiger partial charge in [0.2, 0.25) is 0 Å². The zero-order chi connectivity index (χ0) is 18.4. The fourth-order valence-electron chi connectivity index (χ4n) is 4.32. The van der Waals surface area contributed by atoms with Crippen LogP contribution in [-0.4, -0.2) is 42.8 Å². The summed E-state index contributed by atoms with van der Waals surface area (Å²) in [7, 11) is 1.58. The first-order valence-corrected chi connectivity index (χ1v) is 8.64. The van der Waals surface area contributed by atoms with Gasteiger partial charge in [-0.2, -0.15) is 0 Å². The van der Waals surface area contributed by atoms with Crippen molar-refractivity contribution in [2.24, 2.45) is 5.92 Å².